The number of fused-ring (bicyclic) bond motifs is 1. The molecule has 0 aliphatic carbocycles. The fourth-order valence-corrected chi connectivity index (χ4v) is 2.05. The average molecular weight is 325 g/mol. The zero-order valence-electron chi connectivity index (χ0n) is 12.5. The number of rotatable bonds is 4. The maximum atomic E-state index is 12.3. The molecule has 2 aromatic rings. The molecule has 122 valence electrons. The molecule has 0 saturated carbocycles. The van der Waals surface area contributed by atoms with Gasteiger partial charge in [0.2, 0.25) is 0 Å². The van der Waals surface area contributed by atoms with E-state index in [0.717, 1.165) is 0 Å². The van der Waals surface area contributed by atoms with Crippen LogP contribution >= 0.6 is 0 Å². The molecule has 0 saturated heterocycles. The Morgan fingerprint density at radius 3 is 2.70 bits per heavy atom. The summed E-state index contributed by atoms with van der Waals surface area (Å²) in [5.41, 5.74) is 1.72. The Labute approximate surface area is 130 Å². The molecule has 0 unspecified atom stereocenters. The summed E-state index contributed by atoms with van der Waals surface area (Å²) in [6.07, 6.45) is -2.08. The summed E-state index contributed by atoms with van der Waals surface area (Å²) in [5, 5.41) is 0.442. The van der Waals surface area contributed by atoms with Crippen LogP contribution in [0.4, 0.5) is 13.2 Å². The van der Waals surface area contributed by atoms with Gasteiger partial charge in [0.05, 0.1) is 12.1 Å². The summed E-state index contributed by atoms with van der Waals surface area (Å²) in [6, 6.07) is 5.53. The van der Waals surface area contributed by atoms with Crippen LogP contribution in [0.2, 0.25) is 0 Å². The van der Waals surface area contributed by atoms with Crippen molar-refractivity contribution in [1.29, 1.82) is 0 Å². The molecule has 0 radical (unpaired) electrons. The molecule has 0 amide bonds. The molecule has 4 nitrogen and oxygen atoms in total. The number of aryl methyl sites for hydroxylation is 1. The van der Waals surface area contributed by atoms with E-state index < -0.39 is 12.3 Å². The zero-order valence-corrected chi connectivity index (χ0v) is 12.5. The Morgan fingerprint density at radius 1 is 1.30 bits per heavy atom. The molecule has 0 aliphatic rings. The normalized spacial score (nSPS) is 11.9. The first-order chi connectivity index (χ1) is 10.8. The lowest BCUT2D eigenvalue weighted by molar-refractivity contribution is -0.274. The van der Waals surface area contributed by atoms with E-state index in [9.17, 15) is 18.0 Å². The predicted molar refractivity (Wildman–Crippen MR) is 78.8 cm³/mol. The lowest BCUT2D eigenvalue weighted by Crippen LogP contribution is -2.17. The number of hydrogen-bond donors (Lipinski definition) is 0. The van der Waals surface area contributed by atoms with Gasteiger partial charge in [-0.15, -0.1) is 13.2 Å². The SMILES string of the molecule is CCOC(=O)/C=C/c1cc(C)nc2ccc(OC(F)(F)F)cc12. The quantitative estimate of drug-likeness (QED) is 0.629. The highest BCUT2D eigenvalue weighted by Crippen LogP contribution is 2.28. The van der Waals surface area contributed by atoms with Gasteiger partial charge in [0.15, 0.2) is 0 Å². The first-order valence-corrected chi connectivity index (χ1v) is 6.80. The van der Waals surface area contributed by atoms with Crippen LogP contribution in [-0.4, -0.2) is 23.9 Å². The van der Waals surface area contributed by atoms with Crippen LogP contribution in [0.5, 0.6) is 5.75 Å². The second-order valence-corrected chi connectivity index (χ2v) is 4.67. The number of pyridine rings is 1. The summed E-state index contributed by atoms with van der Waals surface area (Å²) in [5.74, 6) is -0.876. The Kier molecular flexibility index (Phi) is 4.88. The van der Waals surface area contributed by atoms with E-state index in [2.05, 4.69) is 9.72 Å². The van der Waals surface area contributed by atoms with Crippen LogP contribution in [0.1, 0.15) is 18.2 Å². The maximum absolute atomic E-state index is 12.3. The molecule has 23 heavy (non-hydrogen) atoms. The molecular formula is C16H14F3NO3. The van der Waals surface area contributed by atoms with Crippen molar-refractivity contribution in [3.8, 4) is 5.75 Å². The first kappa shape index (κ1) is 16.8. The summed E-state index contributed by atoms with van der Waals surface area (Å²) < 4.78 is 45.7. The van der Waals surface area contributed by atoms with Gasteiger partial charge in [0.25, 0.3) is 0 Å². The molecule has 0 spiro atoms. The molecule has 2 rings (SSSR count). The van der Waals surface area contributed by atoms with Crippen molar-refractivity contribution in [3.63, 3.8) is 0 Å². The molecule has 0 N–H and O–H groups in total. The van der Waals surface area contributed by atoms with E-state index in [1.165, 1.54) is 30.4 Å². The topological polar surface area (TPSA) is 48.4 Å². The Balaban J connectivity index is 2.45. The number of benzene rings is 1. The highest BCUT2D eigenvalue weighted by atomic mass is 19.4. The van der Waals surface area contributed by atoms with Gasteiger partial charge >= 0.3 is 12.3 Å². The molecule has 0 aliphatic heterocycles. The highest BCUT2D eigenvalue weighted by molar-refractivity contribution is 5.94. The Morgan fingerprint density at radius 2 is 2.04 bits per heavy atom. The van der Waals surface area contributed by atoms with Crippen molar-refractivity contribution in [2.75, 3.05) is 6.61 Å². The van der Waals surface area contributed by atoms with Crippen molar-refractivity contribution < 1.29 is 27.4 Å². The van der Waals surface area contributed by atoms with Crippen molar-refractivity contribution in [2.45, 2.75) is 20.2 Å². The van der Waals surface area contributed by atoms with Crippen LogP contribution in [0.3, 0.4) is 0 Å². The van der Waals surface area contributed by atoms with Gasteiger partial charge in [0, 0.05) is 17.2 Å². The monoisotopic (exact) mass is 325 g/mol. The van der Waals surface area contributed by atoms with Gasteiger partial charge < -0.3 is 9.47 Å². The summed E-state index contributed by atoms with van der Waals surface area (Å²) >= 11 is 0. The number of alkyl halides is 3. The van der Waals surface area contributed by atoms with Gasteiger partial charge in [-0.3, -0.25) is 4.98 Å². The van der Waals surface area contributed by atoms with Crippen LogP contribution in [0, 0.1) is 6.92 Å². The number of nitrogens with zero attached hydrogens (tertiary/aromatic N) is 1. The molecule has 0 fully saturated rings. The Hall–Kier alpha value is -2.57. The summed E-state index contributed by atoms with van der Waals surface area (Å²) in [7, 11) is 0. The second kappa shape index (κ2) is 6.68. The van der Waals surface area contributed by atoms with Gasteiger partial charge in [-0.25, -0.2) is 4.79 Å². The Bertz CT molecular complexity index is 754. The number of esters is 1. The fourth-order valence-electron chi connectivity index (χ4n) is 2.05. The van der Waals surface area contributed by atoms with E-state index in [0.29, 0.717) is 22.2 Å². The summed E-state index contributed by atoms with van der Waals surface area (Å²) in [4.78, 5) is 15.6. The van der Waals surface area contributed by atoms with E-state index in [1.54, 1.807) is 19.9 Å². The minimum atomic E-state index is -4.77. The van der Waals surface area contributed by atoms with Crippen LogP contribution in [-0.2, 0) is 9.53 Å². The van der Waals surface area contributed by atoms with Crippen LogP contribution < -0.4 is 4.74 Å². The van der Waals surface area contributed by atoms with Gasteiger partial charge in [0.1, 0.15) is 5.75 Å². The van der Waals surface area contributed by atoms with Gasteiger partial charge in [-0.2, -0.15) is 0 Å². The van der Waals surface area contributed by atoms with Crippen molar-refractivity contribution in [1.82, 2.24) is 4.98 Å². The van der Waals surface area contributed by atoms with E-state index in [1.807, 2.05) is 0 Å². The minimum absolute atomic E-state index is 0.239. The molecule has 7 heteroatoms. The molecule has 0 bridgehead atoms. The lowest BCUT2D eigenvalue weighted by Gasteiger charge is -2.10. The third-order valence-corrected chi connectivity index (χ3v) is 2.86. The largest absolute Gasteiger partial charge is 0.573 e. The third-order valence-electron chi connectivity index (χ3n) is 2.86. The van der Waals surface area contributed by atoms with Crippen LogP contribution in [0.15, 0.2) is 30.3 Å². The number of carbonyl (C=O) groups excluding carboxylic acids is 1. The molecule has 0 atom stereocenters. The van der Waals surface area contributed by atoms with Crippen molar-refractivity contribution in [3.05, 3.63) is 41.6 Å². The van der Waals surface area contributed by atoms with Crippen LogP contribution in [0.25, 0.3) is 17.0 Å². The van der Waals surface area contributed by atoms with E-state index >= 15 is 0 Å². The third kappa shape index (κ3) is 4.70. The summed E-state index contributed by atoms with van der Waals surface area (Å²) in [6.45, 7) is 3.67. The van der Waals surface area contributed by atoms with E-state index in [-0.39, 0.29) is 12.4 Å². The molecule has 1 aromatic heterocycles. The van der Waals surface area contributed by atoms with Gasteiger partial charge in [-0.1, -0.05) is 0 Å². The average Bonchev–Trinajstić information content (AvgIpc) is 2.44. The number of halogens is 3. The number of carbonyl (C=O) groups is 1. The highest BCUT2D eigenvalue weighted by Gasteiger charge is 2.31. The number of hydrogen-bond acceptors (Lipinski definition) is 4. The molecular weight excluding hydrogens is 311 g/mol. The van der Waals surface area contributed by atoms with Gasteiger partial charge in [-0.05, 0) is 49.8 Å². The standard InChI is InChI=1S/C16H14F3NO3/c1-3-22-15(21)7-4-11-8-10(2)20-14-6-5-12(9-13(11)14)23-16(17,18)19/h4-9H,3H2,1-2H3/b7-4+. The first-order valence-electron chi connectivity index (χ1n) is 6.80. The predicted octanol–water partition coefficient (Wildman–Crippen LogP) is 4.02. The van der Waals surface area contributed by atoms with E-state index in [4.69, 9.17) is 4.74 Å². The molecule has 1 aromatic carbocycles. The number of ether oxygens (including phenoxy) is 2. The lowest BCUT2D eigenvalue weighted by atomic mass is 10.1. The smallest absolute Gasteiger partial charge is 0.463 e. The number of aromatic nitrogens is 1. The zero-order chi connectivity index (χ0) is 17.0. The second-order valence-electron chi connectivity index (χ2n) is 4.67. The minimum Gasteiger partial charge on any atom is -0.463 e. The maximum Gasteiger partial charge on any atom is 0.573 e. The van der Waals surface area contributed by atoms with Crippen molar-refractivity contribution >= 4 is 22.9 Å². The molecule has 1 heterocycles. The fraction of sp³-hybridized carbons (Fsp3) is 0.250. The van der Waals surface area contributed by atoms with Crippen molar-refractivity contribution in [2.24, 2.45) is 0 Å².